The highest BCUT2D eigenvalue weighted by Gasteiger charge is 2.06. The molecule has 0 fully saturated rings. The van der Waals surface area contributed by atoms with Gasteiger partial charge in [-0.25, -0.2) is 0 Å². The van der Waals surface area contributed by atoms with Gasteiger partial charge in [0.25, 0.3) is 0 Å². The number of hydrogen-bond acceptors (Lipinski definition) is 3. The van der Waals surface area contributed by atoms with Crippen molar-refractivity contribution in [2.45, 2.75) is 20.0 Å². The monoisotopic (exact) mass is 296 g/mol. The van der Waals surface area contributed by atoms with Gasteiger partial charge < -0.3 is 9.47 Å². The highest BCUT2D eigenvalue weighted by atomic mass is 35.5. The zero-order valence-electron chi connectivity index (χ0n) is 11.1. The Balaban J connectivity index is 1.94. The fourth-order valence-corrected chi connectivity index (χ4v) is 2.90. The zero-order chi connectivity index (χ0) is 13.8. The van der Waals surface area contributed by atoms with Gasteiger partial charge in [0.05, 0.1) is 0 Å². The maximum atomic E-state index is 11.6. The summed E-state index contributed by atoms with van der Waals surface area (Å²) in [5.74, 6) is 0. The van der Waals surface area contributed by atoms with E-state index in [-0.39, 0.29) is 4.87 Å². The van der Waals surface area contributed by atoms with E-state index in [1.54, 1.807) is 0 Å². The minimum Gasteiger partial charge on any atom is -0.302 e. The normalized spacial score (nSPS) is 11.2. The number of thiazole rings is 1. The quantitative estimate of drug-likeness (QED) is 0.847. The fourth-order valence-electron chi connectivity index (χ4n) is 1.94. The van der Waals surface area contributed by atoms with Gasteiger partial charge in [-0.15, -0.1) is 0 Å². The molecule has 2 rings (SSSR count). The molecule has 0 aliphatic heterocycles. The minimum absolute atomic E-state index is 0.114. The van der Waals surface area contributed by atoms with Crippen LogP contribution >= 0.6 is 22.9 Å². The molecular weight excluding hydrogens is 280 g/mol. The summed E-state index contributed by atoms with van der Waals surface area (Å²) in [4.78, 5) is 13.9. The van der Waals surface area contributed by atoms with Gasteiger partial charge in [0, 0.05) is 35.7 Å². The molecule has 5 heteroatoms. The van der Waals surface area contributed by atoms with E-state index < -0.39 is 0 Å². The molecule has 0 aliphatic rings. The van der Waals surface area contributed by atoms with E-state index in [4.69, 9.17) is 11.6 Å². The topological polar surface area (TPSA) is 25.2 Å². The molecule has 0 saturated carbocycles. The first kappa shape index (κ1) is 14.3. The summed E-state index contributed by atoms with van der Waals surface area (Å²) >= 11 is 7.40. The Morgan fingerprint density at radius 1 is 1.37 bits per heavy atom. The number of nitrogens with zero attached hydrogens (tertiary/aromatic N) is 2. The summed E-state index contributed by atoms with van der Waals surface area (Å²) in [6.07, 6.45) is 0. The molecule has 2 aromatic rings. The number of halogens is 1. The second-order valence-corrected chi connectivity index (χ2v) is 5.85. The Labute approximate surface area is 122 Å². The van der Waals surface area contributed by atoms with E-state index in [1.807, 2.05) is 48.2 Å². The lowest BCUT2D eigenvalue weighted by Gasteiger charge is -2.18. The molecule has 0 N–H and O–H groups in total. The number of hydrogen-bond donors (Lipinski definition) is 0. The number of likely N-dealkylation sites (N-methyl/N-ethyl adjacent to an activating group) is 1. The average Bonchev–Trinajstić information content (AvgIpc) is 2.70. The number of aromatic nitrogens is 1. The molecule has 0 unspecified atom stereocenters. The molecule has 0 aliphatic carbocycles. The Kier molecular flexibility index (Phi) is 4.80. The molecule has 0 amide bonds. The first-order chi connectivity index (χ1) is 9.08. The van der Waals surface area contributed by atoms with Crippen LogP contribution in [-0.2, 0) is 13.1 Å². The van der Waals surface area contributed by atoms with Crippen LogP contribution in [0.5, 0.6) is 0 Å². The third-order valence-electron chi connectivity index (χ3n) is 3.08. The van der Waals surface area contributed by atoms with Gasteiger partial charge in [-0.3, -0.25) is 4.79 Å². The van der Waals surface area contributed by atoms with Crippen LogP contribution < -0.4 is 4.87 Å². The van der Waals surface area contributed by atoms with Gasteiger partial charge in [-0.1, -0.05) is 41.1 Å². The maximum Gasteiger partial charge on any atom is 0.307 e. The van der Waals surface area contributed by atoms with Gasteiger partial charge in [0.2, 0.25) is 0 Å². The van der Waals surface area contributed by atoms with Crippen molar-refractivity contribution in [2.24, 2.45) is 0 Å². The molecule has 3 nitrogen and oxygen atoms in total. The Bertz CT molecular complexity index is 605. The fraction of sp³-hybridized carbons (Fsp3) is 0.357. The van der Waals surface area contributed by atoms with Crippen molar-refractivity contribution in [3.8, 4) is 0 Å². The summed E-state index contributed by atoms with van der Waals surface area (Å²) in [5.41, 5.74) is 2.14. The van der Waals surface area contributed by atoms with Crippen molar-refractivity contribution in [1.29, 1.82) is 0 Å². The number of benzene rings is 1. The molecule has 0 bridgehead atoms. The van der Waals surface area contributed by atoms with E-state index in [1.165, 1.54) is 11.3 Å². The molecular formula is C14H17ClN2OS. The van der Waals surface area contributed by atoms with E-state index in [0.29, 0.717) is 0 Å². The lowest BCUT2D eigenvalue weighted by atomic mass is 10.2. The van der Waals surface area contributed by atoms with Crippen LogP contribution in [0, 0.1) is 6.92 Å². The number of aryl methyl sites for hydroxylation is 1. The van der Waals surface area contributed by atoms with E-state index in [2.05, 4.69) is 4.90 Å². The van der Waals surface area contributed by atoms with Crippen molar-refractivity contribution in [2.75, 3.05) is 13.6 Å². The van der Waals surface area contributed by atoms with Crippen molar-refractivity contribution >= 4 is 22.9 Å². The summed E-state index contributed by atoms with van der Waals surface area (Å²) in [7, 11) is 2.04. The largest absolute Gasteiger partial charge is 0.307 e. The minimum atomic E-state index is 0.114. The summed E-state index contributed by atoms with van der Waals surface area (Å²) in [5, 5.41) is 2.69. The van der Waals surface area contributed by atoms with E-state index in [9.17, 15) is 4.79 Å². The molecule has 102 valence electrons. The molecule has 1 heterocycles. The predicted molar refractivity (Wildman–Crippen MR) is 81.1 cm³/mol. The lowest BCUT2D eigenvalue weighted by molar-refractivity contribution is 0.309. The second-order valence-electron chi connectivity index (χ2n) is 4.62. The van der Waals surface area contributed by atoms with Crippen LogP contribution in [0.4, 0.5) is 0 Å². The highest BCUT2D eigenvalue weighted by Crippen LogP contribution is 2.16. The highest BCUT2D eigenvalue weighted by molar-refractivity contribution is 7.07. The third kappa shape index (κ3) is 3.69. The zero-order valence-corrected chi connectivity index (χ0v) is 12.7. The molecule has 0 saturated heterocycles. The molecule has 0 spiro atoms. The first-order valence-corrected chi connectivity index (χ1v) is 7.40. The van der Waals surface area contributed by atoms with Gasteiger partial charge >= 0.3 is 4.87 Å². The Hall–Kier alpha value is -1.10. The number of rotatable bonds is 5. The van der Waals surface area contributed by atoms with Crippen molar-refractivity contribution in [3.05, 3.63) is 55.6 Å². The smallest absolute Gasteiger partial charge is 0.302 e. The predicted octanol–water partition coefficient (Wildman–Crippen LogP) is 3.00. The Morgan fingerprint density at radius 3 is 2.74 bits per heavy atom. The molecule has 0 radical (unpaired) electrons. The standard InChI is InChI=1S/C14H17ClN2OS/c1-11-10-19-14(18)17(11)8-7-16(2)9-12-5-3-4-6-13(12)15/h3-6,10H,7-9H2,1-2H3. The van der Waals surface area contributed by atoms with Crippen molar-refractivity contribution in [1.82, 2.24) is 9.47 Å². The van der Waals surface area contributed by atoms with Gasteiger partial charge in [0.1, 0.15) is 0 Å². The van der Waals surface area contributed by atoms with Crippen LogP contribution in [0.2, 0.25) is 5.02 Å². The van der Waals surface area contributed by atoms with Crippen LogP contribution in [0.25, 0.3) is 0 Å². The Morgan fingerprint density at radius 2 is 2.11 bits per heavy atom. The molecule has 1 aromatic carbocycles. The summed E-state index contributed by atoms with van der Waals surface area (Å²) < 4.78 is 1.81. The van der Waals surface area contributed by atoms with E-state index >= 15 is 0 Å². The van der Waals surface area contributed by atoms with E-state index in [0.717, 1.165) is 35.9 Å². The molecule has 1 aromatic heterocycles. The third-order valence-corrected chi connectivity index (χ3v) is 4.33. The van der Waals surface area contributed by atoms with Crippen LogP contribution in [-0.4, -0.2) is 23.1 Å². The van der Waals surface area contributed by atoms with Crippen LogP contribution in [0.1, 0.15) is 11.3 Å². The van der Waals surface area contributed by atoms with Crippen LogP contribution in [0.15, 0.2) is 34.4 Å². The van der Waals surface area contributed by atoms with Crippen LogP contribution in [0.3, 0.4) is 0 Å². The average molecular weight is 297 g/mol. The summed E-state index contributed by atoms with van der Waals surface area (Å²) in [6, 6.07) is 7.85. The lowest BCUT2D eigenvalue weighted by Crippen LogP contribution is -2.26. The first-order valence-electron chi connectivity index (χ1n) is 6.15. The SMILES string of the molecule is Cc1csc(=O)n1CCN(C)Cc1ccccc1Cl. The van der Waals surface area contributed by atoms with Gasteiger partial charge in [-0.05, 0) is 25.6 Å². The molecule has 0 atom stereocenters. The maximum absolute atomic E-state index is 11.6. The summed E-state index contributed by atoms with van der Waals surface area (Å²) in [6.45, 7) is 4.29. The van der Waals surface area contributed by atoms with Crippen molar-refractivity contribution < 1.29 is 0 Å². The second kappa shape index (κ2) is 6.37. The van der Waals surface area contributed by atoms with Crippen molar-refractivity contribution in [3.63, 3.8) is 0 Å². The van der Waals surface area contributed by atoms with Gasteiger partial charge in [0.15, 0.2) is 0 Å². The molecule has 19 heavy (non-hydrogen) atoms. The van der Waals surface area contributed by atoms with Gasteiger partial charge in [-0.2, -0.15) is 0 Å².